The van der Waals surface area contributed by atoms with E-state index in [-0.39, 0.29) is 17.9 Å². The second-order valence-electron chi connectivity index (χ2n) is 5.44. The number of carbonyl (C=O) groups excluding carboxylic acids is 1. The molecule has 1 saturated heterocycles. The first-order valence-corrected chi connectivity index (χ1v) is 7.26. The summed E-state index contributed by atoms with van der Waals surface area (Å²) in [5.74, 6) is 0.187. The third kappa shape index (κ3) is 3.45. The van der Waals surface area contributed by atoms with Gasteiger partial charge in [0.05, 0.1) is 18.8 Å². The molecule has 0 aliphatic carbocycles. The van der Waals surface area contributed by atoms with Gasteiger partial charge in [-0.2, -0.15) is 0 Å². The molecule has 1 aromatic carbocycles. The van der Waals surface area contributed by atoms with Crippen molar-refractivity contribution in [2.45, 2.75) is 25.5 Å². The van der Waals surface area contributed by atoms with E-state index in [1.165, 1.54) is 0 Å². The predicted molar refractivity (Wildman–Crippen MR) is 80.1 cm³/mol. The van der Waals surface area contributed by atoms with Gasteiger partial charge in [-0.25, -0.2) is 0 Å². The van der Waals surface area contributed by atoms with Gasteiger partial charge in [-0.1, -0.05) is 31.2 Å². The highest BCUT2D eigenvalue weighted by atomic mass is 16.5. The maximum atomic E-state index is 12.4. The standard InChI is InChI=1S/C16H24N2O2/c1-4-14(18(2)3)16(19)13-7-5-12(6-8-13)15-11-17-9-10-20-15/h5-8,14-15,17H,4,9-11H2,1-3H3. The molecule has 1 fully saturated rings. The Morgan fingerprint density at radius 2 is 2.10 bits per heavy atom. The highest BCUT2D eigenvalue weighted by Crippen LogP contribution is 2.20. The molecule has 0 radical (unpaired) electrons. The molecule has 0 saturated carbocycles. The van der Waals surface area contributed by atoms with Crippen molar-refractivity contribution in [1.82, 2.24) is 10.2 Å². The van der Waals surface area contributed by atoms with Crippen molar-refractivity contribution in [3.8, 4) is 0 Å². The van der Waals surface area contributed by atoms with Crippen molar-refractivity contribution in [2.75, 3.05) is 33.8 Å². The molecule has 1 heterocycles. The molecule has 2 rings (SSSR count). The monoisotopic (exact) mass is 276 g/mol. The molecule has 2 unspecified atom stereocenters. The van der Waals surface area contributed by atoms with Gasteiger partial charge in [0.2, 0.25) is 0 Å². The van der Waals surface area contributed by atoms with E-state index in [0.29, 0.717) is 0 Å². The third-order valence-electron chi connectivity index (χ3n) is 3.81. The van der Waals surface area contributed by atoms with Gasteiger partial charge in [0, 0.05) is 18.7 Å². The lowest BCUT2D eigenvalue weighted by Crippen LogP contribution is -2.35. The first-order chi connectivity index (χ1) is 9.63. The number of ether oxygens (including phenoxy) is 1. The van der Waals surface area contributed by atoms with Crippen LogP contribution in [0.3, 0.4) is 0 Å². The molecule has 1 N–H and O–H groups in total. The number of nitrogens with zero attached hydrogens (tertiary/aromatic N) is 1. The fourth-order valence-corrected chi connectivity index (χ4v) is 2.62. The Hall–Kier alpha value is -1.23. The average Bonchev–Trinajstić information content (AvgIpc) is 2.48. The Balaban J connectivity index is 2.09. The van der Waals surface area contributed by atoms with E-state index in [0.717, 1.165) is 37.2 Å². The van der Waals surface area contributed by atoms with Crippen LogP contribution in [0, 0.1) is 0 Å². The minimum Gasteiger partial charge on any atom is -0.371 e. The molecular formula is C16H24N2O2. The van der Waals surface area contributed by atoms with Gasteiger partial charge in [0.1, 0.15) is 0 Å². The van der Waals surface area contributed by atoms with E-state index in [9.17, 15) is 4.79 Å². The van der Waals surface area contributed by atoms with Gasteiger partial charge in [0.25, 0.3) is 0 Å². The maximum absolute atomic E-state index is 12.4. The summed E-state index contributed by atoms with van der Waals surface area (Å²) in [6.45, 7) is 4.53. The van der Waals surface area contributed by atoms with E-state index < -0.39 is 0 Å². The van der Waals surface area contributed by atoms with Gasteiger partial charge in [-0.3, -0.25) is 9.69 Å². The van der Waals surface area contributed by atoms with Gasteiger partial charge in [-0.15, -0.1) is 0 Å². The van der Waals surface area contributed by atoms with Gasteiger partial charge in [-0.05, 0) is 26.1 Å². The normalized spacial score (nSPS) is 20.9. The molecule has 0 bridgehead atoms. The van der Waals surface area contributed by atoms with Crippen molar-refractivity contribution >= 4 is 5.78 Å². The summed E-state index contributed by atoms with van der Waals surface area (Å²) < 4.78 is 5.72. The minimum atomic E-state index is -0.0477. The van der Waals surface area contributed by atoms with Crippen molar-refractivity contribution in [2.24, 2.45) is 0 Å². The van der Waals surface area contributed by atoms with Crippen molar-refractivity contribution in [3.05, 3.63) is 35.4 Å². The number of likely N-dealkylation sites (N-methyl/N-ethyl adjacent to an activating group) is 1. The molecule has 4 nitrogen and oxygen atoms in total. The Bertz CT molecular complexity index is 436. The molecule has 0 amide bonds. The second-order valence-corrected chi connectivity index (χ2v) is 5.44. The Morgan fingerprint density at radius 1 is 1.40 bits per heavy atom. The lowest BCUT2D eigenvalue weighted by Gasteiger charge is -2.24. The smallest absolute Gasteiger partial charge is 0.179 e. The van der Waals surface area contributed by atoms with Crippen LogP contribution in [0.2, 0.25) is 0 Å². The largest absolute Gasteiger partial charge is 0.371 e. The molecule has 0 spiro atoms. The lowest BCUT2D eigenvalue weighted by molar-refractivity contribution is 0.0277. The topological polar surface area (TPSA) is 41.6 Å². The SMILES string of the molecule is CCC(C(=O)c1ccc(C2CNCCO2)cc1)N(C)C. The fourth-order valence-electron chi connectivity index (χ4n) is 2.62. The van der Waals surface area contributed by atoms with Crippen LogP contribution in [-0.2, 0) is 4.74 Å². The quantitative estimate of drug-likeness (QED) is 0.834. The van der Waals surface area contributed by atoms with E-state index >= 15 is 0 Å². The predicted octanol–water partition coefficient (Wildman–Crippen LogP) is 1.87. The Labute approximate surface area is 121 Å². The molecule has 1 aliphatic heterocycles. The zero-order chi connectivity index (χ0) is 14.5. The van der Waals surface area contributed by atoms with Crippen LogP contribution in [0.5, 0.6) is 0 Å². The minimum absolute atomic E-state index is 0.0477. The maximum Gasteiger partial charge on any atom is 0.179 e. The summed E-state index contributed by atoms with van der Waals surface area (Å²) in [7, 11) is 3.89. The molecule has 0 aromatic heterocycles. The van der Waals surface area contributed by atoms with Crippen molar-refractivity contribution in [1.29, 1.82) is 0 Å². The molecule has 4 heteroatoms. The van der Waals surface area contributed by atoms with Gasteiger partial charge in [0.15, 0.2) is 5.78 Å². The fraction of sp³-hybridized carbons (Fsp3) is 0.562. The molecular weight excluding hydrogens is 252 g/mol. The van der Waals surface area contributed by atoms with Crippen molar-refractivity contribution < 1.29 is 9.53 Å². The summed E-state index contributed by atoms with van der Waals surface area (Å²) in [6, 6.07) is 7.80. The lowest BCUT2D eigenvalue weighted by atomic mass is 9.99. The Kier molecular flexibility index (Phi) is 5.29. The third-order valence-corrected chi connectivity index (χ3v) is 3.81. The highest BCUT2D eigenvalue weighted by Gasteiger charge is 2.21. The first kappa shape index (κ1) is 15.2. The van der Waals surface area contributed by atoms with Crippen LogP contribution in [0.25, 0.3) is 0 Å². The number of hydrogen-bond acceptors (Lipinski definition) is 4. The first-order valence-electron chi connectivity index (χ1n) is 7.26. The van der Waals surface area contributed by atoms with Crippen LogP contribution in [-0.4, -0.2) is 50.5 Å². The van der Waals surface area contributed by atoms with Gasteiger partial charge < -0.3 is 10.1 Å². The molecule has 1 aliphatic rings. The van der Waals surface area contributed by atoms with Crippen LogP contribution in [0.15, 0.2) is 24.3 Å². The summed E-state index contributed by atoms with van der Waals surface area (Å²) in [4.78, 5) is 14.4. The summed E-state index contributed by atoms with van der Waals surface area (Å²) >= 11 is 0. The van der Waals surface area contributed by atoms with E-state index in [4.69, 9.17) is 4.74 Å². The molecule has 110 valence electrons. The van der Waals surface area contributed by atoms with Crippen molar-refractivity contribution in [3.63, 3.8) is 0 Å². The Morgan fingerprint density at radius 3 is 2.60 bits per heavy atom. The molecule has 1 aromatic rings. The number of hydrogen-bond donors (Lipinski definition) is 1. The second kappa shape index (κ2) is 6.97. The summed E-state index contributed by atoms with van der Waals surface area (Å²) in [5.41, 5.74) is 1.91. The highest BCUT2D eigenvalue weighted by molar-refractivity contribution is 6.00. The van der Waals surface area contributed by atoms with Crippen LogP contribution < -0.4 is 5.32 Å². The summed E-state index contributed by atoms with van der Waals surface area (Å²) in [5, 5.41) is 3.31. The number of Topliss-reactive ketones (excluding diaryl/α,β-unsaturated/α-hetero) is 1. The number of rotatable bonds is 5. The van der Waals surface area contributed by atoms with Crippen LogP contribution in [0.4, 0.5) is 0 Å². The number of carbonyl (C=O) groups is 1. The number of nitrogens with one attached hydrogen (secondary N) is 1. The zero-order valence-corrected chi connectivity index (χ0v) is 12.6. The molecule has 20 heavy (non-hydrogen) atoms. The van der Waals surface area contributed by atoms with E-state index in [2.05, 4.69) is 5.32 Å². The van der Waals surface area contributed by atoms with Crippen LogP contribution in [0.1, 0.15) is 35.4 Å². The zero-order valence-electron chi connectivity index (χ0n) is 12.6. The van der Waals surface area contributed by atoms with E-state index in [1.807, 2.05) is 50.2 Å². The number of benzene rings is 1. The average molecular weight is 276 g/mol. The number of morpholine rings is 1. The van der Waals surface area contributed by atoms with E-state index in [1.54, 1.807) is 0 Å². The number of ketones is 1. The van der Waals surface area contributed by atoms with Gasteiger partial charge >= 0.3 is 0 Å². The van der Waals surface area contributed by atoms with Crippen LogP contribution >= 0.6 is 0 Å². The molecule has 2 atom stereocenters. The summed E-state index contributed by atoms with van der Waals surface area (Å²) in [6.07, 6.45) is 0.923.